The Morgan fingerprint density at radius 1 is 1.25 bits per heavy atom. The fraction of sp³-hybridized carbons (Fsp3) is 0.500. The van der Waals surface area contributed by atoms with Crippen molar-refractivity contribution in [2.45, 2.75) is 37.9 Å². The molecule has 1 aromatic carbocycles. The van der Waals surface area contributed by atoms with Crippen LogP contribution in [-0.4, -0.2) is 23.3 Å². The third-order valence-electron chi connectivity index (χ3n) is 4.13. The van der Waals surface area contributed by atoms with Gasteiger partial charge < -0.3 is 4.79 Å². The third kappa shape index (κ3) is 1.57. The van der Waals surface area contributed by atoms with Gasteiger partial charge in [0, 0.05) is 12.6 Å². The quantitative estimate of drug-likeness (QED) is 0.721. The summed E-state index contributed by atoms with van der Waals surface area (Å²) in [6, 6.07) is 11.3. The van der Waals surface area contributed by atoms with Gasteiger partial charge >= 0.3 is 0 Å². The zero-order valence-corrected chi connectivity index (χ0v) is 9.38. The number of rotatable bonds is 3. The number of likely N-dealkylation sites (tertiary alicyclic amines) is 1. The second-order valence-electron chi connectivity index (χ2n) is 5.01. The van der Waals surface area contributed by atoms with Crippen molar-refractivity contribution in [2.24, 2.45) is 5.92 Å². The first kappa shape index (κ1) is 10.0. The van der Waals surface area contributed by atoms with Crippen molar-refractivity contribution < 1.29 is 4.79 Å². The molecule has 0 unspecified atom stereocenters. The van der Waals surface area contributed by atoms with Crippen molar-refractivity contribution in [3.63, 3.8) is 0 Å². The van der Waals surface area contributed by atoms with Crippen LogP contribution in [0.1, 0.15) is 24.8 Å². The van der Waals surface area contributed by atoms with Gasteiger partial charge in [-0.25, -0.2) is 0 Å². The van der Waals surface area contributed by atoms with E-state index in [0.29, 0.717) is 12.0 Å². The molecule has 2 nitrogen and oxygen atoms in total. The van der Waals surface area contributed by atoms with Crippen LogP contribution in [0.15, 0.2) is 30.3 Å². The Bertz CT molecular complexity index is 376. The number of piperidine rings is 1. The molecule has 84 valence electrons. The summed E-state index contributed by atoms with van der Waals surface area (Å²) in [5, 5.41) is 0. The lowest BCUT2D eigenvalue weighted by Crippen LogP contribution is -2.41. The van der Waals surface area contributed by atoms with Crippen LogP contribution in [0.5, 0.6) is 0 Å². The molecule has 2 aliphatic rings. The van der Waals surface area contributed by atoms with Gasteiger partial charge in [-0.3, -0.25) is 4.90 Å². The molecule has 2 bridgehead atoms. The standard InChI is InChI=1S/C14H17NO/c16-10-14-12-6-7-13(8-12)15(14)9-11-4-2-1-3-5-11/h1-5,10,12-14H,6-9H2/t12-,13+,14+/m1/s1. The summed E-state index contributed by atoms with van der Waals surface area (Å²) < 4.78 is 0. The predicted molar refractivity (Wildman–Crippen MR) is 63.0 cm³/mol. The summed E-state index contributed by atoms with van der Waals surface area (Å²) in [6.45, 7) is 0.936. The van der Waals surface area contributed by atoms with Crippen molar-refractivity contribution in [1.29, 1.82) is 0 Å². The molecule has 3 rings (SSSR count). The lowest BCUT2D eigenvalue weighted by molar-refractivity contribution is -0.114. The van der Waals surface area contributed by atoms with Crippen molar-refractivity contribution in [2.75, 3.05) is 0 Å². The molecule has 2 heteroatoms. The van der Waals surface area contributed by atoms with Gasteiger partial charge in [-0.2, -0.15) is 0 Å². The summed E-state index contributed by atoms with van der Waals surface area (Å²) in [5.74, 6) is 0.631. The van der Waals surface area contributed by atoms with Crippen LogP contribution >= 0.6 is 0 Å². The second kappa shape index (κ2) is 4.02. The zero-order valence-electron chi connectivity index (χ0n) is 9.38. The van der Waals surface area contributed by atoms with E-state index in [0.717, 1.165) is 12.8 Å². The summed E-state index contributed by atoms with van der Waals surface area (Å²) >= 11 is 0. The van der Waals surface area contributed by atoms with Gasteiger partial charge in [0.1, 0.15) is 6.29 Å². The minimum atomic E-state index is 0.180. The minimum Gasteiger partial charge on any atom is -0.302 e. The number of benzene rings is 1. The molecule has 1 aliphatic heterocycles. The largest absolute Gasteiger partial charge is 0.302 e. The number of carbonyl (C=O) groups is 1. The average Bonchev–Trinajstić information content (AvgIpc) is 2.91. The summed E-state index contributed by atoms with van der Waals surface area (Å²) in [5.41, 5.74) is 1.32. The number of nitrogens with zero attached hydrogens (tertiary/aromatic N) is 1. The second-order valence-corrected chi connectivity index (χ2v) is 5.01. The molecule has 16 heavy (non-hydrogen) atoms. The average molecular weight is 215 g/mol. The van der Waals surface area contributed by atoms with Gasteiger partial charge in [-0.1, -0.05) is 30.3 Å². The van der Waals surface area contributed by atoms with Crippen LogP contribution in [0.2, 0.25) is 0 Å². The molecular weight excluding hydrogens is 198 g/mol. The molecule has 0 spiro atoms. The van der Waals surface area contributed by atoms with Gasteiger partial charge in [0.15, 0.2) is 0 Å². The first-order valence-corrected chi connectivity index (χ1v) is 6.13. The smallest absolute Gasteiger partial charge is 0.137 e. The van der Waals surface area contributed by atoms with E-state index < -0.39 is 0 Å². The van der Waals surface area contributed by atoms with Crippen molar-refractivity contribution in [3.8, 4) is 0 Å². The highest BCUT2D eigenvalue weighted by Gasteiger charge is 2.45. The molecule has 0 radical (unpaired) electrons. The zero-order chi connectivity index (χ0) is 11.0. The van der Waals surface area contributed by atoms with E-state index in [2.05, 4.69) is 29.2 Å². The Labute approximate surface area is 96.3 Å². The first-order chi connectivity index (χ1) is 7.88. The van der Waals surface area contributed by atoms with Gasteiger partial charge in [-0.15, -0.1) is 0 Å². The Morgan fingerprint density at radius 3 is 2.81 bits per heavy atom. The molecule has 1 saturated heterocycles. The van der Waals surface area contributed by atoms with E-state index in [1.807, 2.05) is 6.07 Å². The van der Waals surface area contributed by atoms with Crippen LogP contribution in [0.4, 0.5) is 0 Å². The van der Waals surface area contributed by atoms with Crippen LogP contribution in [-0.2, 0) is 11.3 Å². The van der Waals surface area contributed by atoms with Gasteiger partial charge in [-0.05, 0) is 30.7 Å². The maximum atomic E-state index is 11.2. The van der Waals surface area contributed by atoms with E-state index >= 15 is 0 Å². The Balaban J connectivity index is 1.77. The number of aldehydes is 1. The summed E-state index contributed by atoms with van der Waals surface area (Å²) in [4.78, 5) is 13.6. The Morgan fingerprint density at radius 2 is 2.06 bits per heavy atom. The first-order valence-electron chi connectivity index (χ1n) is 6.13. The third-order valence-corrected chi connectivity index (χ3v) is 4.13. The van der Waals surface area contributed by atoms with Crippen molar-refractivity contribution in [1.82, 2.24) is 4.90 Å². The highest BCUT2D eigenvalue weighted by atomic mass is 16.1. The monoisotopic (exact) mass is 215 g/mol. The van der Waals surface area contributed by atoms with Gasteiger partial charge in [0.05, 0.1) is 6.04 Å². The number of hydrogen-bond acceptors (Lipinski definition) is 2. The van der Waals surface area contributed by atoms with Crippen LogP contribution in [0.3, 0.4) is 0 Å². The molecular formula is C14H17NO. The van der Waals surface area contributed by atoms with E-state index in [1.54, 1.807) is 0 Å². The molecule has 0 aromatic heterocycles. The number of fused-ring (bicyclic) bond motifs is 2. The predicted octanol–water partition coefficient (Wildman–Crippen LogP) is 2.24. The van der Waals surface area contributed by atoms with Crippen LogP contribution in [0, 0.1) is 5.92 Å². The topological polar surface area (TPSA) is 20.3 Å². The molecule has 2 fully saturated rings. The van der Waals surface area contributed by atoms with Crippen LogP contribution in [0.25, 0.3) is 0 Å². The lowest BCUT2D eigenvalue weighted by Gasteiger charge is -2.31. The highest BCUT2D eigenvalue weighted by Crippen LogP contribution is 2.42. The maximum Gasteiger partial charge on any atom is 0.137 e. The molecule has 1 aromatic rings. The number of hydrogen-bond donors (Lipinski definition) is 0. The summed E-state index contributed by atoms with van der Waals surface area (Å²) in [6.07, 6.45) is 4.92. The summed E-state index contributed by atoms with van der Waals surface area (Å²) in [7, 11) is 0. The Hall–Kier alpha value is -1.15. The normalized spacial score (nSPS) is 33.1. The Kier molecular flexibility index (Phi) is 2.52. The molecule has 1 saturated carbocycles. The molecule has 0 N–H and O–H groups in total. The SMILES string of the molecule is O=C[C@H]1[C@@H]2CC[C@@H](C2)N1Cc1ccccc1. The fourth-order valence-electron chi connectivity index (χ4n) is 3.34. The maximum absolute atomic E-state index is 11.2. The minimum absolute atomic E-state index is 0.180. The number of carbonyl (C=O) groups excluding carboxylic acids is 1. The molecule has 3 atom stereocenters. The van der Waals surface area contributed by atoms with Crippen molar-refractivity contribution >= 4 is 6.29 Å². The van der Waals surface area contributed by atoms with Crippen molar-refractivity contribution in [3.05, 3.63) is 35.9 Å². The van der Waals surface area contributed by atoms with Crippen LogP contribution < -0.4 is 0 Å². The van der Waals surface area contributed by atoms with Gasteiger partial charge in [0.2, 0.25) is 0 Å². The molecule has 1 heterocycles. The molecule has 0 amide bonds. The fourth-order valence-corrected chi connectivity index (χ4v) is 3.34. The van der Waals surface area contributed by atoms with Gasteiger partial charge in [0.25, 0.3) is 0 Å². The van der Waals surface area contributed by atoms with E-state index in [9.17, 15) is 4.79 Å². The molecule has 1 aliphatic carbocycles. The highest BCUT2D eigenvalue weighted by molar-refractivity contribution is 5.59. The van der Waals surface area contributed by atoms with E-state index in [-0.39, 0.29) is 6.04 Å². The van der Waals surface area contributed by atoms with E-state index in [1.165, 1.54) is 24.8 Å². The van der Waals surface area contributed by atoms with E-state index in [4.69, 9.17) is 0 Å². The lowest BCUT2D eigenvalue weighted by atomic mass is 9.99.